The molecule has 5 heteroatoms. The van der Waals surface area contributed by atoms with Crippen molar-refractivity contribution in [1.82, 2.24) is 4.72 Å². The van der Waals surface area contributed by atoms with E-state index >= 15 is 0 Å². The van der Waals surface area contributed by atoms with Gasteiger partial charge in [-0.25, -0.2) is 8.93 Å². The summed E-state index contributed by atoms with van der Waals surface area (Å²) in [6.07, 6.45) is 1.68. The molecule has 1 aromatic rings. The summed E-state index contributed by atoms with van der Waals surface area (Å²) in [5, 5.41) is 0. The van der Waals surface area contributed by atoms with E-state index in [1.807, 2.05) is 38.1 Å². The Morgan fingerprint density at radius 2 is 1.95 bits per heavy atom. The van der Waals surface area contributed by atoms with Crippen molar-refractivity contribution < 1.29 is 13.7 Å². The molecule has 1 rings (SSSR count). The third-order valence-corrected chi connectivity index (χ3v) is 4.49. The number of aryl methyl sites for hydroxylation is 1. The number of methoxy groups -OCH3 is 1. The minimum atomic E-state index is -1.32. The van der Waals surface area contributed by atoms with E-state index in [-0.39, 0.29) is 17.9 Å². The summed E-state index contributed by atoms with van der Waals surface area (Å²) in [6.45, 7) is 5.82. The van der Waals surface area contributed by atoms with Crippen molar-refractivity contribution in [2.45, 2.75) is 44.6 Å². The lowest BCUT2D eigenvalue weighted by Crippen LogP contribution is -2.40. The summed E-state index contributed by atoms with van der Waals surface area (Å²) >= 11 is 0. The first kappa shape index (κ1) is 16.9. The van der Waals surface area contributed by atoms with E-state index in [0.717, 1.165) is 18.4 Å². The number of esters is 1. The van der Waals surface area contributed by atoms with Gasteiger partial charge in [0.1, 0.15) is 11.0 Å². The maximum Gasteiger partial charge on any atom is 0.309 e. The van der Waals surface area contributed by atoms with Gasteiger partial charge in [0.2, 0.25) is 0 Å². The highest BCUT2D eigenvalue weighted by atomic mass is 32.2. The lowest BCUT2D eigenvalue weighted by Gasteiger charge is -2.22. The largest absolute Gasteiger partial charge is 0.469 e. The number of hydrogen-bond donors (Lipinski definition) is 1. The molecule has 0 amide bonds. The Morgan fingerprint density at radius 3 is 2.45 bits per heavy atom. The Labute approximate surface area is 123 Å². The van der Waals surface area contributed by atoms with Crippen molar-refractivity contribution in [2.24, 2.45) is 5.92 Å². The van der Waals surface area contributed by atoms with E-state index in [0.29, 0.717) is 4.90 Å². The molecule has 0 aromatic heterocycles. The van der Waals surface area contributed by atoms with E-state index in [4.69, 9.17) is 4.74 Å². The second-order valence-electron chi connectivity index (χ2n) is 4.91. The number of carbonyl (C=O) groups is 1. The molecule has 1 N–H and O–H groups in total. The molecule has 0 aliphatic rings. The van der Waals surface area contributed by atoms with Gasteiger partial charge in [0.15, 0.2) is 0 Å². The number of benzene rings is 1. The Hall–Kier alpha value is -1.20. The van der Waals surface area contributed by atoms with Crippen molar-refractivity contribution in [1.29, 1.82) is 0 Å². The molecular weight excluding hydrogens is 274 g/mol. The van der Waals surface area contributed by atoms with Gasteiger partial charge < -0.3 is 4.74 Å². The molecule has 4 nitrogen and oxygen atoms in total. The third kappa shape index (κ3) is 4.72. The van der Waals surface area contributed by atoms with Crippen LogP contribution in [0.3, 0.4) is 0 Å². The summed E-state index contributed by atoms with van der Waals surface area (Å²) in [4.78, 5) is 12.3. The second kappa shape index (κ2) is 8.17. The molecular formula is C15H23NO3S. The molecule has 0 saturated carbocycles. The Morgan fingerprint density at radius 1 is 1.35 bits per heavy atom. The van der Waals surface area contributed by atoms with Crippen LogP contribution < -0.4 is 4.72 Å². The fraction of sp³-hybridized carbons (Fsp3) is 0.533. The molecule has 0 aliphatic heterocycles. The van der Waals surface area contributed by atoms with Gasteiger partial charge in [-0.1, -0.05) is 38.0 Å². The summed E-state index contributed by atoms with van der Waals surface area (Å²) in [7, 11) is 0.0537. The highest BCUT2D eigenvalue weighted by molar-refractivity contribution is 7.83. The number of rotatable bonds is 7. The molecule has 0 unspecified atom stereocenters. The van der Waals surface area contributed by atoms with Gasteiger partial charge in [-0.15, -0.1) is 0 Å². The maximum absolute atomic E-state index is 12.3. The highest BCUT2D eigenvalue weighted by Crippen LogP contribution is 2.14. The van der Waals surface area contributed by atoms with Crippen LogP contribution in [0.2, 0.25) is 0 Å². The van der Waals surface area contributed by atoms with Crippen molar-refractivity contribution in [2.75, 3.05) is 7.11 Å². The number of ether oxygens (including phenoxy) is 1. The monoisotopic (exact) mass is 297 g/mol. The SMILES string of the molecule is CCC[C@H](N[S@@](=O)c1ccc(C)cc1)[C@H](C)C(=O)OC. The molecule has 0 radical (unpaired) electrons. The maximum atomic E-state index is 12.3. The molecule has 0 aliphatic carbocycles. The predicted octanol–water partition coefficient (Wildman–Crippen LogP) is 2.59. The standard InChI is InChI=1S/C15H23NO3S/c1-5-6-14(12(3)15(17)19-4)16-20(18)13-9-7-11(2)8-10-13/h7-10,12,14,16H,5-6H2,1-4H3/t12-,14-,20-/m0/s1. The van der Waals surface area contributed by atoms with Crippen molar-refractivity contribution in [3.63, 3.8) is 0 Å². The van der Waals surface area contributed by atoms with E-state index in [2.05, 4.69) is 4.72 Å². The van der Waals surface area contributed by atoms with Crippen LogP contribution >= 0.6 is 0 Å². The van der Waals surface area contributed by atoms with Gasteiger partial charge >= 0.3 is 5.97 Å². The fourth-order valence-corrected chi connectivity index (χ4v) is 3.06. The minimum absolute atomic E-state index is 0.158. The van der Waals surface area contributed by atoms with Crippen LogP contribution in [0.5, 0.6) is 0 Å². The van der Waals surface area contributed by atoms with Crippen LogP contribution in [0.25, 0.3) is 0 Å². The van der Waals surface area contributed by atoms with Crippen LogP contribution in [-0.2, 0) is 20.5 Å². The third-order valence-electron chi connectivity index (χ3n) is 3.27. The van der Waals surface area contributed by atoms with Crippen LogP contribution in [0.1, 0.15) is 32.3 Å². The molecule has 20 heavy (non-hydrogen) atoms. The van der Waals surface area contributed by atoms with Gasteiger partial charge in [-0.05, 0) is 25.5 Å². The molecule has 3 atom stereocenters. The summed E-state index contributed by atoms with van der Waals surface area (Å²) < 4.78 is 20.1. The zero-order valence-electron chi connectivity index (χ0n) is 12.5. The van der Waals surface area contributed by atoms with Crippen molar-refractivity contribution in [3.8, 4) is 0 Å². The van der Waals surface area contributed by atoms with E-state index in [9.17, 15) is 9.00 Å². The smallest absolute Gasteiger partial charge is 0.309 e. The first-order valence-electron chi connectivity index (χ1n) is 6.82. The molecule has 0 bridgehead atoms. The molecule has 0 fully saturated rings. The first-order valence-corrected chi connectivity index (χ1v) is 7.97. The fourth-order valence-electron chi connectivity index (χ4n) is 1.94. The quantitative estimate of drug-likeness (QED) is 0.787. The lowest BCUT2D eigenvalue weighted by atomic mass is 9.99. The zero-order chi connectivity index (χ0) is 15.1. The number of carbonyl (C=O) groups excluding carboxylic acids is 1. The molecule has 1 aromatic carbocycles. The van der Waals surface area contributed by atoms with Gasteiger partial charge in [0.05, 0.1) is 17.9 Å². The lowest BCUT2D eigenvalue weighted by molar-refractivity contribution is -0.145. The minimum Gasteiger partial charge on any atom is -0.469 e. The predicted molar refractivity (Wildman–Crippen MR) is 80.6 cm³/mol. The molecule has 0 spiro atoms. The van der Waals surface area contributed by atoms with Crippen LogP contribution in [0.15, 0.2) is 29.2 Å². The normalized spacial score (nSPS) is 15.4. The van der Waals surface area contributed by atoms with E-state index < -0.39 is 11.0 Å². The first-order chi connectivity index (χ1) is 9.49. The Balaban J connectivity index is 2.76. The van der Waals surface area contributed by atoms with Gasteiger partial charge in [0.25, 0.3) is 0 Å². The Bertz CT molecular complexity index is 459. The van der Waals surface area contributed by atoms with Gasteiger partial charge in [0, 0.05) is 6.04 Å². The zero-order valence-corrected chi connectivity index (χ0v) is 13.3. The average molecular weight is 297 g/mol. The van der Waals surface area contributed by atoms with Crippen LogP contribution in [0, 0.1) is 12.8 Å². The van der Waals surface area contributed by atoms with Crippen LogP contribution in [0.4, 0.5) is 0 Å². The molecule has 0 heterocycles. The summed E-state index contributed by atoms with van der Waals surface area (Å²) in [5.74, 6) is -0.605. The average Bonchev–Trinajstić information content (AvgIpc) is 2.45. The van der Waals surface area contributed by atoms with Gasteiger partial charge in [-0.2, -0.15) is 0 Å². The molecule has 0 saturated heterocycles. The highest BCUT2D eigenvalue weighted by Gasteiger charge is 2.25. The Kier molecular flexibility index (Phi) is 6.88. The topological polar surface area (TPSA) is 55.4 Å². The van der Waals surface area contributed by atoms with Crippen molar-refractivity contribution in [3.05, 3.63) is 29.8 Å². The van der Waals surface area contributed by atoms with Gasteiger partial charge in [-0.3, -0.25) is 4.79 Å². The summed E-state index contributed by atoms with van der Waals surface area (Å²) in [5.41, 5.74) is 1.12. The molecule has 112 valence electrons. The summed E-state index contributed by atoms with van der Waals surface area (Å²) in [6, 6.07) is 7.37. The van der Waals surface area contributed by atoms with E-state index in [1.165, 1.54) is 7.11 Å². The van der Waals surface area contributed by atoms with Crippen molar-refractivity contribution >= 4 is 17.0 Å². The number of nitrogens with one attached hydrogen (secondary N) is 1. The van der Waals surface area contributed by atoms with Crippen LogP contribution in [-0.4, -0.2) is 23.3 Å². The number of hydrogen-bond acceptors (Lipinski definition) is 3. The van der Waals surface area contributed by atoms with E-state index in [1.54, 1.807) is 6.92 Å². The second-order valence-corrected chi connectivity index (χ2v) is 6.15.